The monoisotopic (exact) mass is 387 g/mol. The summed E-state index contributed by atoms with van der Waals surface area (Å²) in [6.45, 7) is 6.49. The molecule has 0 saturated carbocycles. The number of hydrogen-bond donors (Lipinski definition) is 1. The highest BCUT2D eigenvalue weighted by molar-refractivity contribution is 5.80. The van der Waals surface area contributed by atoms with Gasteiger partial charge in [-0.05, 0) is 49.2 Å². The molecule has 2 rings (SSSR count). The molecule has 152 valence electrons. The average molecular weight is 387 g/mol. The molecule has 0 aliphatic carbocycles. The number of carbonyl (C=O) groups excluding carboxylic acids is 1. The smallest absolute Gasteiger partial charge is 0.261 e. The molecule has 6 heteroatoms. The molecule has 2 aromatic rings. The number of ether oxygens (including phenoxy) is 4. The number of amides is 1. The number of nitrogens with one attached hydrogen (secondary N) is 1. The molecule has 0 spiro atoms. The van der Waals surface area contributed by atoms with Crippen molar-refractivity contribution >= 4 is 5.91 Å². The van der Waals surface area contributed by atoms with Crippen molar-refractivity contribution in [1.29, 1.82) is 0 Å². The van der Waals surface area contributed by atoms with Crippen LogP contribution in [0.15, 0.2) is 48.5 Å². The molecular formula is C22H29NO5. The second-order valence-corrected chi connectivity index (χ2v) is 6.22. The number of rotatable bonds is 12. The van der Waals surface area contributed by atoms with Crippen LogP contribution in [0.4, 0.5) is 0 Å². The standard InChI is InChI=1S/C22H29NO5/c1-4-26-12-13-27-16-19-7-5-6-18(14-19)15-23-22(24)17(2)28-21-10-8-20(25-3)9-11-21/h5-11,14,17H,4,12-13,15-16H2,1-3H3,(H,23,24). The van der Waals surface area contributed by atoms with Gasteiger partial charge in [0.05, 0.1) is 26.9 Å². The molecular weight excluding hydrogens is 358 g/mol. The molecule has 0 heterocycles. The summed E-state index contributed by atoms with van der Waals surface area (Å²) >= 11 is 0. The summed E-state index contributed by atoms with van der Waals surface area (Å²) < 4.78 is 21.6. The van der Waals surface area contributed by atoms with E-state index < -0.39 is 6.10 Å². The summed E-state index contributed by atoms with van der Waals surface area (Å²) in [6.07, 6.45) is -0.599. The lowest BCUT2D eigenvalue weighted by Crippen LogP contribution is -2.35. The molecule has 28 heavy (non-hydrogen) atoms. The molecule has 0 aliphatic heterocycles. The molecule has 1 amide bonds. The number of methoxy groups -OCH3 is 1. The van der Waals surface area contributed by atoms with Crippen LogP contribution in [-0.4, -0.2) is 38.9 Å². The SMILES string of the molecule is CCOCCOCc1cccc(CNC(=O)C(C)Oc2ccc(OC)cc2)c1. The third kappa shape index (κ3) is 7.58. The van der Waals surface area contributed by atoms with E-state index in [-0.39, 0.29) is 5.91 Å². The predicted octanol–water partition coefficient (Wildman–Crippen LogP) is 3.33. The summed E-state index contributed by atoms with van der Waals surface area (Å²) in [5.41, 5.74) is 2.07. The fourth-order valence-corrected chi connectivity index (χ4v) is 2.53. The van der Waals surface area contributed by atoms with E-state index in [1.165, 1.54) is 0 Å². The van der Waals surface area contributed by atoms with Crippen LogP contribution in [0.2, 0.25) is 0 Å². The first-order chi connectivity index (χ1) is 13.6. The number of benzene rings is 2. The van der Waals surface area contributed by atoms with Gasteiger partial charge in [0.1, 0.15) is 11.5 Å². The Hall–Kier alpha value is -2.57. The van der Waals surface area contributed by atoms with Crippen LogP contribution in [0.3, 0.4) is 0 Å². The van der Waals surface area contributed by atoms with E-state index >= 15 is 0 Å². The van der Waals surface area contributed by atoms with Gasteiger partial charge in [-0.3, -0.25) is 4.79 Å². The van der Waals surface area contributed by atoms with Gasteiger partial charge in [0, 0.05) is 13.2 Å². The first-order valence-corrected chi connectivity index (χ1v) is 9.44. The molecule has 0 aromatic heterocycles. The van der Waals surface area contributed by atoms with E-state index in [1.807, 2.05) is 31.2 Å². The van der Waals surface area contributed by atoms with Crippen LogP contribution in [0.5, 0.6) is 11.5 Å². The van der Waals surface area contributed by atoms with E-state index in [1.54, 1.807) is 38.3 Å². The van der Waals surface area contributed by atoms with E-state index in [2.05, 4.69) is 5.32 Å². The maximum Gasteiger partial charge on any atom is 0.261 e. The van der Waals surface area contributed by atoms with Crippen LogP contribution >= 0.6 is 0 Å². The van der Waals surface area contributed by atoms with Gasteiger partial charge < -0.3 is 24.3 Å². The van der Waals surface area contributed by atoms with Crippen LogP contribution in [0, 0.1) is 0 Å². The van der Waals surface area contributed by atoms with Gasteiger partial charge in [-0.2, -0.15) is 0 Å². The van der Waals surface area contributed by atoms with Gasteiger partial charge >= 0.3 is 0 Å². The summed E-state index contributed by atoms with van der Waals surface area (Å²) in [5, 5.41) is 2.90. The normalized spacial score (nSPS) is 11.7. The van der Waals surface area contributed by atoms with Crippen LogP contribution in [0.25, 0.3) is 0 Å². The Morgan fingerprint density at radius 3 is 2.39 bits per heavy atom. The zero-order chi connectivity index (χ0) is 20.2. The lowest BCUT2D eigenvalue weighted by molar-refractivity contribution is -0.127. The largest absolute Gasteiger partial charge is 0.497 e. The molecule has 0 fully saturated rings. The fourth-order valence-electron chi connectivity index (χ4n) is 2.53. The van der Waals surface area contributed by atoms with Gasteiger partial charge in [0.2, 0.25) is 0 Å². The third-order valence-electron chi connectivity index (χ3n) is 4.04. The molecule has 6 nitrogen and oxygen atoms in total. The molecule has 0 saturated heterocycles. The molecule has 0 bridgehead atoms. The van der Waals surface area contributed by atoms with Gasteiger partial charge in [-0.1, -0.05) is 24.3 Å². The zero-order valence-electron chi connectivity index (χ0n) is 16.8. The van der Waals surface area contributed by atoms with E-state index in [0.29, 0.717) is 38.7 Å². The van der Waals surface area contributed by atoms with E-state index in [0.717, 1.165) is 16.9 Å². The Kier molecular flexibility index (Phi) is 9.31. The quantitative estimate of drug-likeness (QED) is 0.566. The molecule has 1 unspecified atom stereocenters. The Morgan fingerprint density at radius 2 is 1.68 bits per heavy atom. The van der Waals surface area contributed by atoms with E-state index in [9.17, 15) is 4.79 Å². The van der Waals surface area contributed by atoms with Crippen molar-refractivity contribution in [3.8, 4) is 11.5 Å². The summed E-state index contributed by atoms with van der Waals surface area (Å²) in [6, 6.07) is 15.1. The maximum absolute atomic E-state index is 12.3. The van der Waals surface area contributed by atoms with Crippen molar-refractivity contribution in [1.82, 2.24) is 5.32 Å². The lowest BCUT2D eigenvalue weighted by Gasteiger charge is -2.15. The lowest BCUT2D eigenvalue weighted by atomic mass is 10.1. The predicted molar refractivity (Wildman–Crippen MR) is 108 cm³/mol. The van der Waals surface area contributed by atoms with Crippen molar-refractivity contribution in [3.05, 3.63) is 59.7 Å². The molecule has 1 N–H and O–H groups in total. The highest BCUT2D eigenvalue weighted by atomic mass is 16.5. The van der Waals surface area contributed by atoms with Crippen molar-refractivity contribution in [3.63, 3.8) is 0 Å². The maximum atomic E-state index is 12.3. The van der Waals surface area contributed by atoms with Gasteiger partial charge in [0.25, 0.3) is 5.91 Å². The second kappa shape index (κ2) is 12.0. The Morgan fingerprint density at radius 1 is 1.00 bits per heavy atom. The zero-order valence-corrected chi connectivity index (χ0v) is 16.8. The number of hydrogen-bond acceptors (Lipinski definition) is 5. The summed E-state index contributed by atoms with van der Waals surface area (Å²) in [7, 11) is 1.61. The van der Waals surface area contributed by atoms with Crippen molar-refractivity contribution in [2.24, 2.45) is 0 Å². The van der Waals surface area contributed by atoms with Crippen molar-refractivity contribution in [2.75, 3.05) is 26.9 Å². The van der Waals surface area contributed by atoms with E-state index in [4.69, 9.17) is 18.9 Å². The molecule has 2 aromatic carbocycles. The molecule has 1 atom stereocenters. The fraction of sp³-hybridized carbons (Fsp3) is 0.409. The highest BCUT2D eigenvalue weighted by Crippen LogP contribution is 2.18. The topological polar surface area (TPSA) is 66.0 Å². The van der Waals surface area contributed by atoms with Crippen LogP contribution < -0.4 is 14.8 Å². The van der Waals surface area contributed by atoms with Gasteiger partial charge in [0.15, 0.2) is 6.10 Å². The highest BCUT2D eigenvalue weighted by Gasteiger charge is 2.14. The molecule has 0 radical (unpaired) electrons. The summed E-state index contributed by atoms with van der Waals surface area (Å²) in [5.74, 6) is 1.19. The Bertz CT molecular complexity index is 717. The minimum absolute atomic E-state index is 0.172. The van der Waals surface area contributed by atoms with Gasteiger partial charge in [-0.15, -0.1) is 0 Å². The third-order valence-corrected chi connectivity index (χ3v) is 4.04. The van der Waals surface area contributed by atoms with Crippen LogP contribution in [-0.2, 0) is 27.4 Å². The number of carbonyl (C=O) groups is 1. The first-order valence-electron chi connectivity index (χ1n) is 9.44. The van der Waals surface area contributed by atoms with Crippen LogP contribution in [0.1, 0.15) is 25.0 Å². The Labute approximate surface area is 166 Å². The summed E-state index contributed by atoms with van der Waals surface area (Å²) in [4.78, 5) is 12.3. The van der Waals surface area contributed by atoms with Gasteiger partial charge in [-0.25, -0.2) is 0 Å². The molecule has 0 aliphatic rings. The second-order valence-electron chi connectivity index (χ2n) is 6.22. The van der Waals surface area contributed by atoms with Crippen molar-refractivity contribution < 1.29 is 23.7 Å². The minimum Gasteiger partial charge on any atom is -0.497 e. The average Bonchev–Trinajstić information content (AvgIpc) is 2.72. The first kappa shape index (κ1) is 21.7. The Balaban J connectivity index is 1.77. The van der Waals surface area contributed by atoms with Crippen molar-refractivity contribution in [2.45, 2.75) is 33.1 Å². The minimum atomic E-state index is -0.599.